The number of nitriles is 1. The number of nitrogens with zero attached hydrogens (tertiary/aromatic N) is 2. The van der Waals surface area contributed by atoms with Crippen molar-refractivity contribution >= 4 is 27.8 Å². The minimum absolute atomic E-state index is 0.0303. The van der Waals surface area contributed by atoms with Gasteiger partial charge in [0.2, 0.25) is 16.9 Å². The zero-order chi connectivity index (χ0) is 20.3. The molecule has 1 aliphatic carbocycles. The summed E-state index contributed by atoms with van der Waals surface area (Å²) in [5.41, 5.74) is 1.95. The molecule has 1 fully saturated rings. The number of aromatic nitrogens is 1. The Morgan fingerprint density at radius 3 is 2.79 bits per heavy atom. The van der Waals surface area contributed by atoms with Gasteiger partial charge in [-0.05, 0) is 42.9 Å². The van der Waals surface area contributed by atoms with Gasteiger partial charge in [0, 0.05) is 37.3 Å². The van der Waals surface area contributed by atoms with Crippen LogP contribution in [0.15, 0.2) is 30.0 Å². The van der Waals surface area contributed by atoms with E-state index in [1.807, 2.05) is 12.1 Å². The Morgan fingerprint density at radius 1 is 1.43 bits per heavy atom. The lowest BCUT2D eigenvalue weighted by Gasteiger charge is -2.10. The van der Waals surface area contributed by atoms with Crippen molar-refractivity contribution in [1.29, 1.82) is 5.26 Å². The van der Waals surface area contributed by atoms with Crippen molar-refractivity contribution in [1.82, 2.24) is 9.88 Å². The van der Waals surface area contributed by atoms with Crippen molar-refractivity contribution in [3.05, 3.63) is 41.2 Å². The molecule has 148 valence electrons. The molecule has 28 heavy (non-hydrogen) atoms. The highest BCUT2D eigenvalue weighted by Crippen LogP contribution is 2.46. The summed E-state index contributed by atoms with van der Waals surface area (Å²) in [6.07, 6.45) is 3.72. The predicted molar refractivity (Wildman–Crippen MR) is 106 cm³/mol. The van der Waals surface area contributed by atoms with E-state index in [2.05, 4.69) is 4.98 Å². The molecule has 2 aromatic rings. The minimum atomic E-state index is -1.61. The van der Waals surface area contributed by atoms with Gasteiger partial charge in [-0.3, -0.25) is 9.18 Å². The number of halogens is 1. The Labute approximate surface area is 165 Å². The summed E-state index contributed by atoms with van der Waals surface area (Å²) in [4.78, 5) is 17.3. The average molecular weight is 403 g/mol. The lowest BCUT2D eigenvalue weighted by molar-refractivity contribution is 0.103. The van der Waals surface area contributed by atoms with Crippen LogP contribution in [-0.4, -0.2) is 46.4 Å². The lowest BCUT2D eigenvalue weighted by atomic mass is 10.1. The van der Waals surface area contributed by atoms with E-state index in [1.165, 1.54) is 6.20 Å². The summed E-state index contributed by atoms with van der Waals surface area (Å²) in [7, 11) is 3.48. The third-order valence-electron chi connectivity index (χ3n) is 4.39. The average Bonchev–Trinajstić information content (AvgIpc) is 3.42. The van der Waals surface area contributed by atoms with Gasteiger partial charge in [-0.15, -0.1) is 0 Å². The number of carbonyl (C=O) groups is 1. The first-order valence-electron chi connectivity index (χ1n) is 9.05. The molecule has 0 bridgehead atoms. The predicted octanol–water partition coefficient (Wildman–Crippen LogP) is 3.60. The first-order chi connectivity index (χ1) is 13.4. The Morgan fingerprint density at radius 2 is 2.18 bits per heavy atom. The maximum atomic E-state index is 12.6. The molecule has 3 rings (SSSR count). The Kier molecular flexibility index (Phi) is 6.15. The number of rotatable bonds is 9. The number of nitrogens with one attached hydrogen (secondary N) is 1. The van der Waals surface area contributed by atoms with E-state index in [-0.39, 0.29) is 17.7 Å². The second-order valence-electron chi connectivity index (χ2n) is 7.02. The van der Waals surface area contributed by atoms with Crippen LogP contribution in [0, 0.1) is 11.3 Å². The zero-order valence-corrected chi connectivity index (χ0v) is 16.6. The van der Waals surface area contributed by atoms with Crippen molar-refractivity contribution in [3.63, 3.8) is 0 Å². The quantitative estimate of drug-likeness (QED) is 0.393. The van der Waals surface area contributed by atoms with Crippen molar-refractivity contribution in [2.45, 2.75) is 25.2 Å². The van der Waals surface area contributed by atoms with Gasteiger partial charge < -0.3 is 14.1 Å². The van der Waals surface area contributed by atoms with Gasteiger partial charge in [0.25, 0.3) is 0 Å². The highest BCUT2D eigenvalue weighted by molar-refractivity contribution is 7.80. The summed E-state index contributed by atoms with van der Waals surface area (Å²) in [5, 5.41) is 10.1. The molecule has 1 unspecified atom stereocenters. The van der Waals surface area contributed by atoms with Gasteiger partial charge in [-0.2, -0.15) is 5.26 Å². The van der Waals surface area contributed by atoms with E-state index >= 15 is 0 Å². The van der Waals surface area contributed by atoms with E-state index < -0.39 is 23.5 Å². The van der Waals surface area contributed by atoms with Gasteiger partial charge in [0.15, 0.2) is 0 Å². The SMILES string of the molecule is CN(C)/C=C(\C#N)C(=O)c1cc2cc(C3CC3)c(OS(=O)CCCF)cc2[nH]1. The van der Waals surface area contributed by atoms with E-state index in [0.29, 0.717) is 22.9 Å². The van der Waals surface area contributed by atoms with E-state index in [9.17, 15) is 18.7 Å². The van der Waals surface area contributed by atoms with Gasteiger partial charge >= 0.3 is 0 Å². The van der Waals surface area contributed by atoms with E-state index in [4.69, 9.17) is 4.18 Å². The second kappa shape index (κ2) is 8.57. The Hall–Kier alpha value is -2.66. The largest absolute Gasteiger partial charge is 0.400 e. The minimum Gasteiger partial charge on any atom is -0.400 e. The molecule has 1 heterocycles. The van der Waals surface area contributed by atoms with Gasteiger partial charge in [0.05, 0.1) is 18.1 Å². The fourth-order valence-electron chi connectivity index (χ4n) is 2.94. The number of hydrogen-bond donors (Lipinski definition) is 1. The molecule has 1 atom stereocenters. The van der Waals surface area contributed by atoms with Gasteiger partial charge in [-0.1, -0.05) is 0 Å². The van der Waals surface area contributed by atoms with Crippen LogP contribution in [0.1, 0.15) is 41.2 Å². The Balaban J connectivity index is 1.94. The molecule has 1 aromatic carbocycles. The molecule has 6 nitrogen and oxygen atoms in total. The van der Waals surface area contributed by atoms with Crippen LogP contribution >= 0.6 is 0 Å². The van der Waals surface area contributed by atoms with Crippen molar-refractivity contribution in [2.24, 2.45) is 0 Å². The molecule has 0 radical (unpaired) electrons. The topological polar surface area (TPSA) is 86.2 Å². The van der Waals surface area contributed by atoms with Crippen LogP contribution in [0.3, 0.4) is 0 Å². The molecule has 1 aromatic heterocycles. The molecular weight excluding hydrogens is 381 g/mol. The number of hydrogen-bond acceptors (Lipinski definition) is 5. The molecular formula is C20H22FN3O3S. The molecule has 0 amide bonds. The van der Waals surface area contributed by atoms with Crippen LogP contribution in [0.4, 0.5) is 4.39 Å². The summed E-state index contributed by atoms with van der Waals surface area (Å²) < 4.78 is 29.9. The summed E-state index contributed by atoms with van der Waals surface area (Å²) in [6, 6.07) is 7.31. The van der Waals surface area contributed by atoms with Crippen molar-refractivity contribution in [3.8, 4) is 11.8 Å². The first kappa shape index (κ1) is 20.1. The molecule has 0 aliphatic heterocycles. The van der Waals surface area contributed by atoms with Crippen LogP contribution in [0.25, 0.3) is 10.9 Å². The highest BCUT2D eigenvalue weighted by Gasteiger charge is 2.28. The lowest BCUT2D eigenvalue weighted by Crippen LogP contribution is -2.09. The smallest absolute Gasteiger partial charge is 0.221 e. The molecule has 0 saturated heterocycles. The summed E-state index contributed by atoms with van der Waals surface area (Å²) >= 11 is -1.61. The third kappa shape index (κ3) is 4.60. The van der Waals surface area contributed by atoms with Crippen LogP contribution in [0.2, 0.25) is 0 Å². The number of aromatic amines is 1. The monoisotopic (exact) mass is 403 g/mol. The number of alkyl halides is 1. The molecule has 1 aliphatic rings. The van der Waals surface area contributed by atoms with E-state index in [1.54, 1.807) is 31.1 Å². The van der Waals surface area contributed by atoms with Crippen molar-refractivity contribution < 1.29 is 17.6 Å². The Bertz CT molecular complexity index is 986. The summed E-state index contributed by atoms with van der Waals surface area (Å²) in [6.45, 7) is -0.534. The maximum absolute atomic E-state index is 12.6. The number of H-pyrrole nitrogens is 1. The number of ketones is 1. The number of allylic oxidation sites excluding steroid dienone is 1. The third-order valence-corrected chi connectivity index (χ3v) is 5.38. The van der Waals surface area contributed by atoms with Gasteiger partial charge in [0.1, 0.15) is 17.4 Å². The molecule has 1 N–H and O–H groups in total. The second-order valence-corrected chi connectivity index (χ2v) is 8.20. The highest BCUT2D eigenvalue weighted by atomic mass is 32.2. The normalized spacial score (nSPS) is 15.3. The molecule has 1 saturated carbocycles. The zero-order valence-electron chi connectivity index (χ0n) is 15.8. The van der Waals surface area contributed by atoms with Crippen LogP contribution in [-0.2, 0) is 11.1 Å². The maximum Gasteiger partial charge on any atom is 0.221 e. The molecule has 0 spiro atoms. The number of benzene rings is 1. The first-order valence-corrected chi connectivity index (χ1v) is 10.3. The van der Waals surface area contributed by atoms with Gasteiger partial charge in [-0.25, -0.2) is 4.21 Å². The van der Waals surface area contributed by atoms with Crippen molar-refractivity contribution in [2.75, 3.05) is 26.5 Å². The standard InChI is InChI=1S/C20H22FN3O3S/c1-24(2)12-15(11-22)20(25)18-9-14-8-16(13-4-5-13)19(10-17(14)23-18)27-28(26)7-3-6-21/h8-10,12-13,23H,3-7H2,1-2H3/b15-12+. The number of fused-ring (bicyclic) bond motifs is 1. The van der Waals surface area contributed by atoms with E-state index in [0.717, 1.165) is 23.8 Å². The fourth-order valence-corrected chi connectivity index (χ4v) is 3.71. The summed E-state index contributed by atoms with van der Waals surface area (Å²) in [5.74, 6) is 0.579. The fraction of sp³-hybridized carbons (Fsp3) is 0.400. The molecule has 8 heteroatoms. The number of carbonyl (C=O) groups excluding carboxylic acids is 1. The number of Topliss-reactive ketones (excluding diaryl/α,β-unsaturated/α-hetero) is 1. The van der Waals surface area contributed by atoms with Crippen LogP contribution < -0.4 is 4.18 Å². The van der Waals surface area contributed by atoms with Crippen LogP contribution in [0.5, 0.6) is 5.75 Å².